The standard InChI is InChI=1S/C16H20/c1-12(16(2,3)4)14-11-7-9-13-8-5-6-10-15(13)14/h5-12H,1-4H3/t12-/m0/s1. The van der Waals surface area contributed by atoms with Gasteiger partial charge in [-0.05, 0) is 27.7 Å². The van der Waals surface area contributed by atoms with Gasteiger partial charge in [0.05, 0.1) is 0 Å². The Balaban J connectivity index is 2.61. The van der Waals surface area contributed by atoms with Gasteiger partial charge in [0.2, 0.25) is 0 Å². The molecule has 0 saturated heterocycles. The highest BCUT2D eigenvalue weighted by molar-refractivity contribution is 5.86. The van der Waals surface area contributed by atoms with Crippen LogP contribution in [0.5, 0.6) is 0 Å². The predicted octanol–water partition coefficient (Wildman–Crippen LogP) is 4.99. The lowest BCUT2D eigenvalue weighted by Gasteiger charge is -2.28. The van der Waals surface area contributed by atoms with Crippen molar-refractivity contribution in [2.24, 2.45) is 5.41 Å². The van der Waals surface area contributed by atoms with Crippen molar-refractivity contribution in [2.45, 2.75) is 33.6 Å². The highest BCUT2D eigenvalue weighted by Gasteiger charge is 2.22. The molecule has 0 bridgehead atoms. The van der Waals surface area contributed by atoms with Crippen molar-refractivity contribution < 1.29 is 0 Å². The quantitative estimate of drug-likeness (QED) is 0.624. The zero-order valence-electron chi connectivity index (χ0n) is 10.6. The summed E-state index contributed by atoms with van der Waals surface area (Å²) >= 11 is 0. The minimum atomic E-state index is 0.310. The summed E-state index contributed by atoms with van der Waals surface area (Å²) < 4.78 is 0. The third-order valence-corrected chi connectivity index (χ3v) is 3.59. The van der Waals surface area contributed by atoms with Gasteiger partial charge in [-0.3, -0.25) is 0 Å². The zero-order chi connectivity index (χ0) is 11.8. The number of hydrogen-bond donors (Lipinski definition) is 0. The second-order valence-corrected chi connectivity index (χ2v) is 5.66. The average molecular weight is 212 g/mol. The maximum atomic E-state index is 2.32. The van der Waals surface area contributed by atoms with Gasteiger partial charge in [-0.1, -0.05) is 70.2 Å². The minimum Gasteiger partial charge on any atom is -0.0616 e. The zero-order valence-corrected chi connectivity index (χ0v) is 10.6. The van der Waals surface area contributed by atoms with Crippen LogP contribution in [0.25, 0.3) is 10.8 Å². The number of benzene rings is 2. The second kappa shape index (κ2) is 3.93. The van der Waals surface area contributed by atoms with Crippen molar-refractivity contribution in [3.05, 3.63) is 48.0 Å². The fourth-order valence-electron chi connectivity index (χ4n) is 2.09. The Hall–Kier alpha value is -1.30. The third kappa shape index (κ3) is 1.97. The molecule has 0 nitrogen and oxygen atoms in total. The Morgan fingerprint density at radius 1 is 0.875 bits per heavy atom. The van der Waals surface area contributed by atoms with Crippen LogP contribution in [0.4, 0.5) is 0 Å². The van der Waals surface area contributed by atoms with E-state index in [9.17, 15) is 0 Å². The van der Waals surface area contributed by atoms with Crippen LogP contribution < -0.4 is 0 Å². The lowest BCUT2D eigenvalue weighted by molar-refractivity contribution is 0.341. The summed E-state index contributed by atoms with van der Waals surface area (Å²) in [7, 11) is 0. The number of hydrogen-bond acceptors (Lipinski definition) is 0. The molecule has 16 heavy (non-hydrogen) atoms. The first-order chi connectivity index (χ1) is 7.50. The second-order valence-electron chi connectivity index (χ2n) is 5.66. The van der Waals surface area contributed by atoms with Gasteiger partial charge in [0.25, 0.3) is 0 Å². The van der Waals surface area contributed by atoms with Crippen LogP contribution >= 0.6 is 0 Å². The largest absolute Gasteiger partial charge is 0.0616 e. The normalized spacial score (nSPS) is 14.0. The van der Waals surface area contributed by atoms with E-state index >= 15 is 0 Å². The molecule has 2 aromatic rings. The van der Waals surface area contributed by atoms with Crippen molar-refractivity contribution in [1.82, 2.24) is 0 Å². The Morgan fingerprint density at radius 3 is 2.19 bits per heavy atom. The van der Waals surface area contributed by atoms with E-state index in [2.05, 4.69) is 70.2 Å². The van der Waals surface area contributed by atoms with Gasteiger partial charge in [0, 0.05) is 0 Å². The molecule has 2 aromatic carbocycles. The van der Waals surface area contributed by atoms with E-state index in [0.29, 0.717) is 11.3 Å². The van der Waals surface area contributed by atoms with E-state index in [1.165, 1.54) is 16.3 Å². The lowest BCUT2D eigenvalue weighted by Crippen LogP contribution is -2.15. The number of rotatable bonds is 1. The summed E-state index contributed by atoms with van der Waals surface area (Å²) in [6, 6.07) is 15.3. The highest BCUT2D eigenvalue weighted by atomic mass is 14.3. The summed E-state index contributed by atoms with van der Waals surface area (Å²) in [6.45, 7) is 9.24. The molecule has 0 aliphatic carbocycles. The first kappa shape index (κ1) is 11.2. The van der Waals surface area contributed by atoms with Gasteiger partial charge < -0.3 is 0 Å². The molecule has 0 heterocycles. The SMILES string of the molecule is C[C@@H](c1cccc2ccccc12)C(C)(C)C. The first-order valence-electron chi connectivity index (χ1n) is 5.98. The molecule has 2 rings (SSSR count). The predicted molar refractivity (Wildman–Crippen MR) is 71.8 cm³/mol. The summed E-state index contributed by atoms with van der Waals surface area (Å²) in [5.41, 5.74) is 1.77. The van der Waals surface area contributed by atoms with E-state index < -0.39 is 0 Å². The molecule has 0 radical (unpaired) electrons. The van der Waals surface area contributed by atoms with Crippen LogP contribution in [0.3, 0.4) is 0 Å². The molecule has 0 aromatic heterocycles. The van der Waals surface area contributed by atoms with Crippen molar-refractivity contribution >= 4 is 10.8 Å². The van der Waals surface area contributed by atoms with Gasteiger partial charge in [-0.15, -0.1) is 0 Å². The Bertz CT molecular complexity index is 483. The summed E-state index contributed by atoms with van der Waals surface area (Å²) in [5.74, 6) is 0.568. The van der Waals surface area contributed by atoms with Gasteiger partial charge >= 0.3 is 0 Å². The van der Waals surface area contributed by atoms with Crippen LogP contribution in [-0.4, -0.2) is 0 Å². The van der Waals surface area contributed by atoms with Crippen molar-refractivity contribution in [3.63, 3.8) is 0 Å². The fraction of sp³-hybridized carbons (Fsp3) is 0.375. The highest BCUT2D eigenvalue weighted by Crippen LogP contribution is 2.37. The van der Waals surface area contributed by atoms with E-state index in [1.54, 1.807) is 0 Å². The van der Waals surface area contributed by atoms with Gasteiger partial charge in [-0.2, -0.15) is 0 Å². The summed E-state index contributed by atoms with van der Waals surface area (Å²) in [4.78, 5) is 0. The maximum absolute atomic E-state index is 2.32. The molecule has 0 heteroatoms. The minimum absolute atomic E-state index is 0.310. The molecule has 0 aliphatic rings. The lowest BCUT2D eigenvalue weighted by atomic mass is 9.76. The molecular weight excluding hydrogens is 192 g/mol. The van der Waals surface area contributed by atoms with Crippen molar-refractivity contribution in [2.75, 3.05) is 0 Å². The Labute approximate surface area is 98.3 Å². The number of fused-ring (bicyclic) bond motifs is 1. The molecule has 0 fully saturated rings. The van der Waals surface area contributed by atoms with E-state index in [-0.39, 0.29) is 0 Å². The summed E-state index contributed by atoms with van der Waals surface area (Å²) in [5, 5.41) is 2.74. The molecule has 1 atom stereocenters. The van der Waals surface area contributed by atoms with E-state index in [4.69, 9.17) is 0 Å². The van der Waals surface area contributed by atoms with E-state index in [0.717, 1.165) is 0 Å². The van der Waals surface area contributed by atoms with Crippen LogP contribution in [0.15, 0.2) is 42.5 Å². The molecule has 0 aliphatic heterocycles. The average Bonchev–Trinajstić information content (AvgIpc) is 2.26. The van der Waals surface area contributed by atoms with Crippen LogP contribution in [0, 0.1) is 5.41 Å². The topological polar surface area (TPSA) is 0 Å². The van der Waals surface area contributed by atoms with Crippen molar-refractivity contribution in [3.8, 4) is 0 Å². The Kier molecular flexibility index (Phi) is 2.75. The molecule has 0 N–H and O–H groups in total. The van der Waals surface area contributed by atoms with Crippen molar-refractivity contribution in [1.29, 1.82) is 0 Å². The van der Waals surface area contributed by atoms with Gasteiger partial charge in [-0.25, -0.2) is 0 Å². The molecule has 0 amide bonds. The monoisotopic (exact) mass is 212 g/mol. The van der Waals surface area contributed by atoms with Gasteiger partial charge in [0.15, 0.2) is 0 Å². The van der Waals surface area contributed by atoms with Crippen LogP contribution in [0.2, 0.25) is 0 Å². The molecular formula is C16H20. The van der Waals surface area contributed by atoms with Crippen LogP contribution in [-0.2, 0) is 0 Å². The first-order valence-corrected chi connectivity index (χ1v) is 5.98. The Morgan fingerprint density at radius 2 is 1.50 bits per heavy atom. The molecule has 84 valence electrons. The van der Waals surface area contributed by atoms with Gasteiger partial charge in [0.1, 0.15) is 0 Å². The third-order valence-electron chi connectivity index (χ3n) is 3.59. The molecule has 0 unspecified atom stereocenters. The fourth-order valence-corrected chi connectivity index (χ4v) is 2.09. The van der Waals surface area contributed by atoms with E-state index in [1.807, 2.05) is 0 Å². The van der Waals surface area contributed by atoms with Crippen LogP contribution in [0.1, 0.15) is 39.2 Å². The summed E-state index contributed by atoms with van der Waals surface area (Å²) in [6.07, 6.45) is 0. The molecule has 0 saturated carbocycles. The maximum Gasteiger partial charge on any atom is -0.0135 e. The smallest absolute Gasteiger partial charge is 0.0135 e. The molecule has 0 spiro atoms.